The van der Waals surface area contributed by atoms with Crippen molar-refractivity contribution in [1.82, 2.24) is 10.6 Å². The van der Waals surface area contributed by atoms with E-state index in [-0.39, 0.29) is 0 Å². The molecule has 0 radical (unpaired) electrons. The van der Waals surface area contributed by atoms with E-state index >= 15 is 0 Å². The quantitative estimate of drug-likeness (QED) is 0.451. The SMILES string of the molecule is CSCCCCCCNC(=O)N[C@H](C(=O)O)[C@@H](C)O. The van der Waals surface area contributed by atoms with Gasteiger partial charge >= 0.3 is 12.0 Å². The summed E-state index contributed by atoms with van der Waals surface area (Å²) in [5, 5.41) is 22.8. The highest BCUT2D eigenvalue weighted by molar-refractivity contribution is 7.98. The fourth-order valence-corrected chi connectivity index (χ4v) is 2.00. The number of aliphatic hydroxyl groups is 1. The van der Waals surface area contributed by atoms with Gasteiger partial charge in [-0.05, 0) is 31.8 Å². The maximum absolute atomic E-state index is 11.4. The van der Waals surface area contributed by atoms with Crippen molar-refractivity contribution in [3.05, 3.63) is 0 Å². The number of rotatable bonds is 10. The molecule has 0 aliphatic heterocycles. The van der Waals surface area contributed by atoms with Crippen LogP contribution >= 0.6 is 11.8 Å². The first kappa shape index (κ1) is 18.0. The van der Waals surface area contributed by atoms with Crippen LogP contribution in [0.2, 0.25) is 0 Å². The Morgan fingerprint density at radius 2 is 1.84 bits per heavy atom. The highest BCUT2D eigenvalue weighted by atomic mass is 32.2. The number of carbonyl (C=O) groups excluding carboxylic acids is 1. The molecule has 0 bridgehead atoms. The maximum Gasteiger partial charge on any atom is 0.328 e. The number of unbranched alkanes of at least 4 members (excludes halogenated alkanes) is 3. The second kappa shape index (κ2) is 10.9. The Kier molecular flexibility index (Phi) is 10.4. The number of thioether (sulfide) groups is 1. The summed E-state index contributed by atoms with van der Waals surface area (Å²) in [6, 6.07) is -1.83. The van der Waals surface area contributed by atoms with Gasteiger partial charge in [-0.1, -0.05) is 12.8 Å². The van der Waals surface area contributed by atoms with Crippen LogP contribution in [0.1, 0.15) is 32.6 Å². The van der Waals surface area contributed by atoms with E-state index in [9.17, 15) is 14.7 Å². The minimum absolute atomic E-state index is 0.511. The molecule has 0 saturated carbocycles. The number of aliphatic hydroxyl groups excluding tert-OH is 1. The topological polar surface area (TPSA) is 98.7 Å². The summed E-state index contributed by atoms with van der Waals surface area (Å²) >= 11 is 1.82. The molecule has 2 amide bonds. The molecular formula is C12H24N2O4S. The number of carbonyl (C=O) groups is 2. The molecule has 0 aromatic heterocycles. The first-order chi connectivity index (χ1) is 8.99. The van der Waals surface area contributed by atoms with E-state index in [4.69, 9.17) is 5.11 Å². The molecule has 0 heterocycles. The largest absolute Gasteiger partial charge is 0.480 e. The van der Waals surface area contributed by atoms with Gasteiger partial charge in [0, 0.05) is 6.54 Å². The Bertz CT molecular complexity index is 274. The molecule has 2 atom stereocenters. The van der Waals surface area contributed by atoms with E-state index in [2.05, 4.69) is 16.9 Å². The number of urea groups is 1. The maximum atomic E-state index is 11.4. The van der Waals surface area contributed by atoms with Crippen molar-refractivity contribution in [3.8, 4) is 0 Å². The van der Waals surface area contributed by atoms with Gasteiger partial charge in [0.05, 0.1) is 6.10 Å². The number of nitrogens with one attached hydrogen (secondary N) is 2. The van der Waals surface area contributed by atoms with E-state index in [1.54, 1.807) is 0 Å². The summed E-state index contributed by atoms with van der Waals surface area (Å²) in [5.74, 6) is -0.0926. The molecule has 0 aliphatic rings. The number of carboxylic acid groups (broad SMARTS) is 1. The van der Waals surface area contributed by atoms with Gasteiger partial charge in [0.1, 0.15) is 0 Å². The molecule has 0 rings (SSSR count). The summed E-state index contributed by atoms with van der Waals surface area (Å²) < 4.78 is 0. The molecule has 0 spiro atoms. The molecular weight excluding hydrogens is 268 g/mol. The van der Waals surface area contributed by atoms with Crippen LogP contribution in [0, 0.1) is 0 Å². The van der Waals surface area contributed by atoms with Gasteiger partial charge in [-0.2, -0.15) is 11.8 Å². The molecule has 0 aliphatic carbocycles. The van der Waals surface area contributed by atoms with Crippen LogP contribution in [0.25, 0.3) is 0 Å². The van der Waals surface area contributed by atoms with Crippen LogP contribution in [-0.2, 0) is 4.79 Å². The number of hydrogen-bond donors (Lipinski definition) is 4. The Hall–Kier alpha value is -0.950. The van der Waals surface area contributed by atoms with Crippen molar-refractivity contribution in [1.29, 1.82) is 0 Å². The van der Waals surface area contributed by atoms with E-state index in [0.717, 1.165) is 25.0 Å². The summed E-state index contributed by atoms with van der Waals surface area (Å²) in [4.78, 5) is 22.1. The highest BCUT2D eigenvalue weighted by Gasteiger charge is 2.24. The van der Waals surface area contributed by atoms with Crippen molar-refractivity contribution in [2.45, 2.75) is 44.8 Å². The molecule has 112 valence electrons. The third-order valence-electron chi connectivity index (χ3n) is 2.60. The Balaban J connectivity index is 3.66. The van der Waals surface area contributed by atoms with Crippen LogP contribution in [0.15, 0.2) is 0 Å². The predicted octanol–water partition coefficient (Wildman–Crippen LogP) is 1.04. The number of aliphatic carboxylic acids is 1. The zero-order valence-corrected chi connectivity index (χ0v) is 12.3. The van der Waals surface area contributed by atoms with E-state index in [0.29, 0.717) is 6.54 Å². The number of hydrogen-bond acceptors (Lipinski definition) is 4. The van der Waals surface area contributed by atoms with Gasteiger partial charge in [0.2, 0.25) is 0 Å². The molecule has 4 N–H and O–H groups in total. The molecule has 0 fully saturated rings. The van der Waals surface area contributed by atoms with Crippen LogP contribution in [0.4, 0.5) is 4.79 Å². The molecule has 0 saturated heterocycles. The van der Waals surface area contributed by atoms with Crippen molar-refractivity contribution in [2.24, 2.45) is 0 Å². The van der Waals surface area contributed by atoms with E-state index in [1.165, 1.54) is 13.3 Å². The molecule has 6 nitrogen and oxygen atoms in total. The van der Waals surface area contributed by atoms with Gasteiger partial charge in [0.25, 0.3) is 0 Å². The van der Waals surface area contributed by atoms with Gasteiger partial charge in [-0.15, -0.1) is 0 Å². The minimum Gasteiger partial charge on any atom is -0.480 e. The lowest BCUT2D eigenvalue weighted by Crippen LogP contribution is -2.51. The second-order valence-corrected chi connectivity index (χ2v) is 5.35. The zero-order valence-electron chi connectivity index (χ0n) is 11.5. The Morgan fingerprint density at radius 1 is 1.21 bits per heavy atom. The fraction of sp³-hybridized carbons (Fsp3) is 0.833. The first-order valence-electron chi connectivity index (χ1n) is 6.43. The van der Waals surface area contributed by atoms with E-state index < -0.39 is 24.1 Å². The number of carboxylic acids is 1. The lowest BCUT2D eigenvalue weighted by atomic mass is 10.2. The van der Waals surface area contributed by atoms with Gasteiger partial charge in [-0.3, -0.25) is 0 Å². The average molecular weight is 292 g/mol. The lowest BCUT2D eigenvalue weighted by molar-refractivity contribution is -0.141. The summed E-state index contributed by atoms with van der Waals surface area (Å²) in [7, 11) is 0. The van der Waals surface area contributed by atoms with Crippen LogP contribution in [0.5, 0.6) is 0 Å². The van der Waals surface area contributed by atoms with Crippen LogP contribution < -0.4 is 10.6 Å². The standard InChI is InChI=1S/C12H24N2O4S/c1-9(15)10(11(16)17)14-12(18)13-7-5-3-4-6-8-19-2/h9-10,15H,3-8H2,1-2H3,(H,16,17)(H2,13,14,18)/t9-,10+/m1/s1. The van der Waals surface area contributed by atoms with Gasteiger partial charge in [-0.25, -0.2) is 9.59 Å². The monoisotopic (exact) mass is 292 g/mol. The van der Waals surface area contributed by atoms with Crippen molar-refractivity contribution in [3.63, 3.8) is 0 Å². The predicted molar refractivity (Wildman–Crippen MR) is 76.5 cm³/mol. The van der Waals surface area contributed by atoms with Crippen molar-refractivity contribution >= 4 is 23.8 Å². The second-order valence-electron chi connectivity index (χ2n) is 4.36. The minimum atomic E-state index is -1.28. The third-order valence-corrected chi connectivity index (χ3v) is 3.29. The third kappa shape index (κ3) is 9.61. The lowest BCUT2D eigenvalue weighted by Gasteiger charge is -2.17. The first-order valence-corrected chi connectivity index (χ1v) is 7.82. The summed E-state index contributed by atoms with van der Waals surface area (Å²) in [6.07, 6.45) is 5.17. The number of amides is 2. The Morgan fingerprint density at radius 3 is 2.37 bits per heavy atom. The molecule has 19 heavy (non-hydrogen) atoms. The van der Waals surface area contributed by atoms with Gasteiger partial charge in [0.15, 0.2) is 6.04 Å². The smallest absolute Gasteiger partial charge is 0.328 e. The average Bonchev–Trinajstić information content (AvgIpc) is 2.34. The Labute approximate surface area is 118 Å². The van der Waals surface area contributed by atoms with E-state index in [1.807, 2.05) is 11.8 Å². The van der Waals surface area contributed by atoms with Gasteiger partial charge < -0.3 is 20.8 Å². The normalized spacial score (nSPS) is 13.6. The van der Waals surface area contributed by atoms with Crippen molar-refractivity contribution < 1.29 is 19.8 Å². The molecule has 0 aromatic carbocycles. The zero-order chi connectivity index (χ0) is 14.7. The molecule has 7 heteroatoms. The highest BCUT2D eigenvalue weighted by Crippen LogP contribution is 2.03. The summed E-state index contributed by atoms with van der Waals surface area (Å²) in [6.45, 7) is 1.84. The van der Waals surface area contributed by atoms with Crippen LogP contribution in [-0.4, -0.2) is 52.9 Å². The van der Waals surface area contributed by atoms with Crippen LogP contribution in [0.3, 0.4) is 0 Å². The molecule has 0 aromatic rings. The molecule has 0 unspecified atom stereocenters. The van der Waals surface area contributed by atoms with Crippen molar-refractivity contribution in [2.75, 3.05) is 18.6 Å². The fourth-order valence-electron chi connectivity index (χ4n) is 1.51. The summed E-state index contributed by atoms with van der Waals surface area (Å²) in [5.41, 5.74) is 0.